The maximum absolute atomic E-state index is 14.2. The summed E-state index contributed by atoms with van der Waals surface area (Å²) in [5, 5.41) is 18.3. The number of nitriles is 1. The number of ether oxygens (including phenoxy) is 2. The number of carbonyl (C=O) groups is 1. The summed E-state index contributed by atoms with van der Waals surface area (Å²) in [6.45, 7) is 3.05. The molecule has 1 spiro atoms. The van der Waals surface area contributed by atoms with Crippen LogP contribution in [0.1, 0.15) is 59.1 Å². The zero-order valence-electron chi connectivity index (χ0n) is 22.3. The summed E-state index contributed by atoms with van der Waals surface area (Å²) in [6.07, 6.45) is 4.05. The summed E-state index contributed by atoms with van der Waals surface area (Å²) in [4.78, 5) is 23.2. The predicted molar refractivity (Wildman–Crippen MR) is 144 cm³/mol. The number of rotatable bonds is 8. The Labute approximate surface area is 234 Å². The van der Waals surface area contributed by atoms with Crippen LogP contribution in [-0.4, -0.2) is 51.4 Å². The maximum Gasteiger partial charge on any atom is 0.371 e. The average Bonchev–Trinajstić information content (AvgIpc) is 3.30. The van der Waals surface area contributed by atoms with E-state index in [1.807, 2.05) is 22.8 Å². The standard InChI is InChI=1S/C30H28FN5O5/c31-22-12-18(15-32)4-5-19(22)17-40-26-3-1-2-25(34-26)35-9-7-30(8-10-35)14-21(30)27-33-23-13-24(29(37)38)41-28(23)36(27)16-20-6-11-39-20/h1-5,12-13,20-21H,6-11,14,16-17H2,(H,37,38). The third-order valence-corrected chi connectivity index (χ3v) is 8.69. The van der Waals surface area contributed by atoms with Crippen molar-refractivity contribution in [2.24, 2.45) is 5.41 Å². The van der Waals surface area contributed by atoms with E-state index >= 15 is 0 Å². The highest BCUT2D eigenvalue weighted by atomic mass is 19.1. The Balaban J connectivity index is 1.02. The van der Waals surface area contributed by atoms with Gasteiger partial charge in [0.2, 0.25) is 17.4 Å². The SMILES string of the molecule is N#Cc1ccc(COc2cccc(N3CCC4(CC3)CC4c3nc4cc(C(=O)O)oc4n3CC3CCO3)n2)c(F)c1. The molecule has 2 saturated heterocycles. The molecule has 5 heterocycles. The van der Waals surface area contributed by atoms with Crippen molar-refractivity contribution in [1.29, 1.82) is 5.26 Å². The molecule has 3 aromatic heterocycles. The molecule has 11 heteroatoms. The minimum atomic E-state index is -1.10. The van der Waals surface area contributed by atoms with Crippen LogP contribution >= 0.6 is 0 Å². The molecule has 2 aliphatic heterocycles. The number of pyridine rings is 1. The van der Waals surface area contributed by atoms with E-state index in [-0.39, 0.29) is 35.4 Å². The van der Waals surface area contributed by atoms with Crippen LogP contribution in [-0.2, 0) is 17.9 Å². The van der Waals surface area contributed by atoms with E-state index in [4.69, 9.17) is 24.1 Å². The Morgan fingerprint density at radius 1 is 1.22 bits per heavy atom. The van der Waals surface area contributed by atoms with Gasteiger partial charge in [0.05, 0.1) is 24.3 Å². The van der Waals surface area contributed by atoms with Crippen molar-refractivity contribution >= 4 is 23.0 Å². The fourth-order valence-corrected chi connectivity index (χ4v) is 6.11. The molecular weight excluding hydrogens is 529 g/mol. The smallest absolute Gasteiger partial charge is 0.371 e. The molecule has 1 N–H and O–H groups in total. The third kappa shape index (κ3) is 4.68. The van der Waals surface area contributed by atoms with Crippen molar-refractivity contribution in [3.63, 3.8) is 0 Å². The van der Waals surface area contributed by atoms with Crippen molar-refractivity contribution in [3.05, 3.63) is 71.0 Å². The van der Waals surface area contributed by atoms with Crippen LogP contribution in [0.3, 0.4) is 0 Å². The first-order valence-electron chi connectivity index (χ1n) is 13.8. The molecule has 1 saturated carbocycles. The Hall–Kier alpha value is -4.43. The summed E-state index contributed by atoms with van der Waals surface area (Å²) >= 11 is 0. The van der Waals surface area contributed by atoms with Crippen molar-refractivity contribution in [3.8, 4) is 11.9 Å². The van der Waals surface area contributed by atoms with E-state index in [1.54, 1.807) is 18.2 Å². The highest BCUT2D eigenvalue weighted by Crippen LogP contribution is 2.65. The number of furan rings is 1. The molecule has 2 unspecified atom stereocenters. The second-order valence-corrected chi connectivity index (χ2v) is 11.1. The molecule has 0 amide bonds. The zero-order chi connectivity index (χ0) is 28.1. The van der Waals surface area contributed by atoms with E-state index in [2.05, 4.69) is 9.88 Å². The molecule has 7 rings (SSSR count). The number of benzene rings is 1. The first-order valence-corrected chi connectivity index (χ1v) is 13.8. The Morgan fingerprint density at radius 3 is 2.76 bits per heavy atom. The monoisotopic (exact) mass is 557 g/mol. The molecule has 3 aliphatic rings. The quantitative estimate of drug-likeness (QED) is 0.323. The number of piperidine rings is 1. The van der Waals surface area contributed by atoms with E-state index in [9.17, 15) is 14.3 Å². The van der Waals surface area contributed by atoms with E-state index in [1.165, 1.54) is 12.1 Å². The molecule has 4 aromatic rings. The lowest BCUT2D eigenvalue weighted by Gasteiger charge is -2.34. The molecule has 2 atom stereocenters. The van der Waals surface area contributed by atoms with Crippen LogP contribution in [0, 0.1) is 22.6 Å². The second kappa shape index (κ2) is 9.89. The molecule has 3 fully saturated rings. The Kier molecular flexibility index (Phi) is 6.16. The highest BCUT2D eigenvalue weighted by Gasteiger charge is 2.57. The van der Waals surface area contributed by atoms with Gasteiger partial charge in [-0.25, -0.2) is 14.2 Å². The summed E-state index contributed by atoms with van der Waals surface area (Å²) in [6, 6.07) is 13.4. The fourth-order valence-electron chi connectivity index (χ4n) is 6.11. The first kappa shape index (κ1) is 25.5. The predicted octanol–water partition coefficient (Wildman–Crippen LogP) is 4.88. The maximum atomic E-state index is 14.2. The molecule has 1 aliphatic carbocycles. The van der Waals surface area contributed by atoms with Crippen LogP contribution < -0.4 is 9.64 Å². The van der Waals surface area contributed by atoms with Gasteiger partial charge in [-0.1, -0.05) is 12.1 Å². The lowest BCUT2D eigenvalue weighted by Crippen LogP contribution is -2.36. The van der Waals surface area contributed by atoms with Crippen LogP contribution in [0.25, 0.3) is 11.2 Å². The number of aromatic nitrogens is 3. The van der Waals surface area contributed by atoms with Gasteiger partial charge < -0.3 is 23.9 Å². The number of hydrogen-bond acceptors (Lipinski definition) is 8. The highest BCUT2D eigenvalue weighted by molar-refractivity contribution is 5.89. The lowest BCUT2D eigenvalue weighted by atomic mass is 9.90. The van der Waals surface area contributed by atoms with Crippen molar-refractivity contribution in [2.75, 3.05) is 24.6 Å². The number of carboxylic acid groups (broad SMARTS) is 1. The number of hydrogen-bond donors (Lipinski definition) is 1. The van der Waals surface area contributed by atoms with Gasteiger partial charge in [0, 0.05) is 43.3 Å². The number of anilines is 1. The summed E-state index contributed by atoms with van der Waals surface area (Å²) < 4.78 is 33.4. The van der Waals surface area contributed by atoms with Crippen LogP contribution in [0.4, 0.5) is 10.2 Å². The largest absolute Gasteiger partial charge is 0.475 e. The molecule has 210 valence electrons. The lowest BCUT2D eigenvalue weighted by molar-refractivity contribution is -0.0594. The van der Waals surface area contributed by atoms with Crippen LogP contribution in [0.15, 0.2) is 46.9 Å². The van der Waals surface area contributed by atoms with Gasteiger partial charge >= 0.3 is 5.97 Å². The van der Waals surface area contributed by atoms with Gasteiger partial charge in [0.1, 0.15) is 29.6 Å². The minimum absolute atomic E-state index is 0.0220. The minimum Gasteiger partial charge on any atom is -0.475 e. The Bertz CT molecular complexity index is 1680. The molecule has 0 radical (unpaired) electrons. The van der Waals surface area contributed by atoms with Crippen molar-refractivity contribution < 1.29 is 28.2 Å². The Morgan fingerprint density at radius 2 is 2.05 bits per heavy atom. The topological polar surface area (TPSA) is 127 Å². The number of imidazole rings is 1. The first-order chi connectivity index (χ1) is 19.9. The van der Waals surface area contributed by atoms with Gasteiger partial charge in [0.15, 0.2) is 0 Å². The molecule has 1 aromatic carbocycles. The number of fused-ring (bicyclic) bond motifs is 1. The normalized spacial score (nSPS) is 21.0. The molecule has 41 heavy (non-hydrogen) atoms. The van der Waals surface area contributed by atoms with Crippen molar-refractivity contribution in [2.45, 2.75) is 50.9 Å². The molecule has 10 nitrogen and oxygen atoms in total. The summed E-state index contributed by atoms with van der Waals surface area (Å²) in [5.41, 5.74) is 1.87. The number of aromatic carboxylic acids is 1. The van der Waals surface area contributed by atoms with E-state index in [0.717, 1.165) is 57.0 Å². The van der Waals surface area contributed by atoms with Gasteiger partial charge in [-0.3, -0.25) is 4.57 Å². The molecule has 0 bridgehead atoms. The van der Waals surface area contributed by atoms with Crippen LogP contribution in [0.2, 0.25) is 0 Å². The number of halogens is 1. The van der Waals surface area contributed by atoms with Gasteiger partial charge in [0.25, 0.3) is 0 Å². The summed E-state index contributed by atoms with van der Waals surface area (Å²) in [5.74, 6) is 0.800. The van der Waals surface area contributed by atoms with Crippen molar-refractivity contribution in [1.82, 2.24) is 14.5 Å². The van der Waals surface area contributed by atoms with Crippen LogP contribution in [0.5, 0.6) is 5.88 Å². The van der Waals surface area contributed by atoms with Gasteiger partial charge in [-0.2, -0.15) is 10.2 Å². The average molecular weight is 558 g/mol. The fraction of sp³-hybridized carbons (Fsp3) is 0.400. The third-order valence-electron chi connectivity index (χ3n) is 8.69. The van der Waals surface area contributed by atoms with Gasteiger partial charge in [-0.05, 0) is 49.3 Å². The number of carboxylic acids is 1. The molecular formula is C30H28FN5O5. The number of nitrogens with zero attached hydrogens (tertiary/aromatic N) is 5. The van der Waals surface area contributed by atoms with Gasteiger partial charge in [-0.15, -0.1) is 0 Å². The summed E-state index contributed by atoms with van der Waals surface area (Å²) in [7, 11) is 0. The second-order valence-electron chi connectivity index (χ2n) is 11.1. The van der Waals surface area contributed by atoms with E-state index < -0.39 is 11.8 Å². The van der Waals surface area contributed by atoms with E-state index in [0.29, 0.717) is 29.2 Å². The zero-order valence-corrected chi connectivity index (χ0v) is 22.3.